The van der Waals surface area contributed by atoms with Crippen LogP contribution in [0.5, 0.6) is 5.75 Å². The van der Waals surface area contributed by atoms with Crippen LogP contribution >= 0.6 is 23.1 Å². The summed E-state index contributed by atoms with van der Waals surface area (Å²) in [6.07, 6.45) is 0. The molecule has 33 heavy (non-hydrogen) atoms. The number of thiazole rings is 1. The van der Waals surface area contributed by atoms with Crippen molar-refractivity contribution < 1.29 is 18.7 Å². The standard InChI is InChI=1S/C24H20FN3O3S2/c1-2-31-16-10-11-20-21(13-16)33-24(27-20)28-22(29)14-32-17-7-5-6-15(12-17)26-23(30)18-8-3-4-9-19(18)25/h3-13H,2,14H2,1H3,(H,26,30)(H,27,28,29). The summed E-state index contributed by atoms with van der Waals surface area (Å²) in [5.41, 5.74) is 1.29. The van der Waals surface area contributed by atoms with E-state index in [2.05, 4.69) is 15.6 Å². The van der Waals surface area contributed by atoms with Gasteiger partial charge in [-0.25, -0.2) is 9.37 Å². The number of hydrogen-bond donors (Lipinski definition) is 2. The highest BCUT2D eigenvalue weighted by molar-refractivity contribution is 8.00. The topological polar surface area (TPSA) is 80.3 Å². The Morgan fingerprint density at radius 2 is 1.91 bits per heavy atom. The van der Waals surface area contributed by atoms with Gasteiger partial charge in [-0.05, 0) is 55.5 Å². The summed E-state index contributed by atoms with van der Waals surface area (Å²) >= 11 is 2.71. The number of ether oxygens (including phenoxy) is 1. The van der Waals surface area contributed by atoms with Crippen LogP contribution < -0.4 is 15.4 Å². The molecule has 0 aliphatic heterocycles. The van der Waals surface area contributed by atoms with E-state index in [1.165, 1.54) is 41.3 Å². The number of carbonyl (C=O) groups excluding carboxylic acids is 2. The molecule has 0 aliphatic carbocycles. The maximum Gasteiger partial charge on any atom is 0.258 e. The first-order chi connectivity index (χ1) is 16.0. The molecule has 1 aromatic heterocycles. The Hall–Kier alpha value is -3.43. The number of hydrogen-bond acceptors (Lipinski definition) is 6. The van der Waals surface area contributed by atoms with Crippen molar-refractivity contribution in [2.24, 2.45) is 0 Å². The Morgan fingerprint density at radius 3 is 2.73 bits per heavy atom. The second kappa shape index (κ2) is 10.5. The molecule has 2 N–H and O–H groups in total. The highest BCUT2D eigenvalue weighted by atomic mass is 32.2. The minimum absolute atomic E-state index is 0.0286. The number of nitrogens with one attached hydrogen (secondary N) is 2. The van der Waals surface area contributed by atoms with Crippen molar-refractivity contribution in [3.05, 3.63) is 78.1 Å². The summed E-state index contributed by atoms with van der Waals surface area (Å²) in [4.78, 5) is 30.0. The average molecular weight is 482 g/mol. The van der Waals surface area contributed by atoms with E-state index in [1.807, 2.05) is 31.2 Å². The van der Waals surface area contributed by atoms with E-state index in [-0.39, 0.29) is 17.2 Å². The van der Waals surface area contributed by atoms with Gasteiger partial charge >= 0.3 is 0 Å². The lowest BCUT2D eigenvalue weighted by Gasteiger charge is -2.08. The Bertz CT molecular complexity index is 1310. The molecule has 9 heteroatoms. The second-order valence-electron chi connectivity index (χ2n) is 6.88. The largest absolute Gasteiger partial charge is 0.494 e. The van der Waals surface area contributed by atoms with Crippen molar-refractivity contribution in [3.8, 4) is 5.75 Å². The number of anilines is 2. The molecule has 0 unspecified atom stereocenters. The van der Waals surface area contributed by atoms with Gasteiger partial charge in [-0.3, -0.25) is 9.59 Å². The highest BCUT2D eigenvalue weighted by Crippen LogP contribution is 2.30. The second-order valence-corrected chi connectivity index (χ2v) is 8.96. The Morgan fingerprint density at radius 1 is 1.06 bits per heavy atom. The number of nitrogens with zero attached hydrogens (tertiary/aromatic N) is 1. The normalized spacial score (nSPS) is 10.7. The minimum Gasteiger partial charge on any atom is -0.494 e. The summed E-state index contributed by atoms with van der Waals surface area (Å²) in [5, 5.41) is 6.03. The molecule has 3 aromatic carbocycles. The van der Waals surface area contributed by atoms with Gasteiger partial charge in [0.05, 0.1) is 28.1 Å². The fourth-order valence-corrected chi connectivity index (χ4v) is 4.69. The van der Waals surface area contributed by atoms with Crippen molar-refractivity contribution in [2.45, 2.75) is 11.8 Å². The lowest BCUT2D eigenvalue weighted by atomic mass is 10.2. The quantitative estimate of drug-likeness (QED) is 0.310. The number of halogens is 1. The van der Waals surface area contributed by atoms with Gasteiger partial charge in [0.15, 0.2) is 5.13 Å². The predicted molar refractivity (Wildman–Crippen MR) is 131 cm³/mol. The van der Waals surface area contributed by atoms with Crippen molar-refractivity contribution in [1.82, 2.24) is 4.98 Å². The minimum atomic E-state index is -0.582. The van der Waals surface area contributed by atoms with Crippen molar-refractivity contribution in [1.29, 1.82) is 0 Å². The fraction of sp³-hybridized carbons (Fsp3) is 0.125. The zero-order valence-electron chi connectivity index (χ0n) is 17.6. The van der Waals surface area contributed by atoms with Gasteiger partial charge < -0.3 is 15.4 Å². The summed E-state index contributed by atoms with van der Waals surface area (Å²) in [7, 11) is 0. The maximum atomic E-state index is 13.8. The zero-order chi connectivity index (χ0) is 23.2. The number of amides is 2. The SMILES string of the molecule is CCOc1ccc2nc(NC(=O)CSc3cccc(NC(=O)c4ccccc4F)c3)sc2c1. The Kier molecular flexibility index (Phi) is 7.21. The molecule has 0 bridgehead atoms. The zero-order valence-corrected chi connectivity index (χ0v) is 19.3. The monoisotopic (exact) mass is 481 g/mol. The third-order valence-electron chi connectivity index (χ3n) is 4.50. The molecule has 0 atom stereocenters. The lowest BCUT2D eigenvalue weighted by Crippen LogP contribution is -2.14. The van der Waals surface area contributed by atoms with E-state index in [0.717, 1.165) is 20.9 Å². The van der Waals surface area contributed by atoms with Gasteiger partial charge in [0.1, 0.15) is 11.6 Å². The van der Waals surface area contributed by atoms with Crippen LogP contribution in [-0.4, -0.2) is 29.2 Å². The van der Waals surface area contributed by atoms with Crippen LogP contribution in [0.15, 0.2) is 71.6 Å². The number of benzene rings is 3. The molecular formula is C24H20FN3O3S2. The molecule has 0 fully saturated rings. The molecule has 4 aromatic rings. The molecule has 0 saturated heterocycles. The van der Waals surface area contributed by atoms with Gasteiger partial charge in [0.25, 0.3) is 5.91 Å². The molecular weight excluding hydrogens is 461 g/mol. The number of thioether (sulfide) groups is 1. The lowest BCUT2D eigenvalue weighted by molar-refractivity contribution is -0.113. The van der Waals surface area contributed by atoms with Crippen LogP contribution in [-0.2, 0) is 4.79 Å². The molecule has 2 amide bonds. The van der Waals surface area contributed by atoms with Crippen LogP contribution in [0.1, 0.15) is 17.3 Å². The molecule has 168 valence electrons. The highest BCUT2D eigenvalue weighted by Gasteiger charge is 2.12. The number of fused-ring (bicyclic) bond motifs is 1. The van der Waals surface area contributed by atoms with E-state index in [0.29, 0.717) is 17.4 Å². The van der Waals surface area contributed by atoms with Gasteiger partial charge in [0, 0.05) is 10.6 Å². The first kappa shape index (κ1) is 22.8. The molecule has 0 saturated carbocycles. The fourth-order valence-electron chi connectivity index (χ4n) is 3.03. The molecule has 0 aliphatic rings. The summed E-state index contributed by atoms with van der Waals surface area (Å²) < 4.78 is 20.2. The smallest absolute Gasteiger partial charge is 0.258 e. The van der Waals surface area contributed by atoms with Gasteiger partial charge in [-0.15, -0.1) is 11.8 Å². The van der Waals surface area contributed by atoms with Gasteiger partial charge in [0.2, 0.25) is 5.91 Å². The molecule has 0 radical (unpaired) electrons. The Balaban J connectivity index is 1.34. The molecule has 6 nitrogen and oxygen atoms in total. The third-order valence-corrected chi connectivity index (χ3v) is 6.42. The summed E-state index contributed by atoms with van der Waals surface area (Å²) in [6, 6.07) is 18.5. The maximum absolute atomic E-state index is 13.8. The van der Waals surface area contributed by atoms with Gasteiger partial charge in [-0.2, -0.15) is 0 Å². The number of rotatable bonds is 8. The van der Waals surface area contributed by atoms with Crippen molar-refractivity contribution in [3.63, 3.8) is 0 Å². The van der Waals surface area contributed by atoms with E-state index in [4.69, 9.17) is 4.74 Å². The predicted octanol–water partition coefficient (Wildman–Crippen LogP) is 5.82. The van der Waals surface area contributed by atoms with Crippen LogP contribution in [0.4, 0.5) is 15.2 Å². The van der Waals surface area contributed by atoms with Crippen molar-refractivity contribution >= 4 is 55.9 Å². The summed E-state index contributed by atoms with van der Waals surface area (Å²) in [6.45, 7) is 2.51. The first-order valence-electron chi connectivity index (χ1n) is 10.1. The average Bonchev–Trinajstić information content (AvgIpc) is 3.20. The van der Waals surface area contributed by atoms with Crippen molar-refractivity contribution in [2.75, 3.05) is 23.0 Å². The molecule has 0 spiro atoms. The molecule has 1 heterocycles. The van der Waals surface area contributed by atoms with E-state index >= 15 is 0 Å². The van der Waals surface area contributed by atoms with Crippen LogP contribution in [0.25, 0.3) is 10.2 Å². The number of aromatic nitrogens is 1. The molecule has 4 rings (SSSR count). The third kappa shape index (κ3) is 5.88. The number of carbonyl (C=O) groups is 2. The van der Waals surface area contributed by atoms with Crippen LogP contribution in [0.3, 0.4) is 0 Å². The van der Waals surface area contributed by atoms with E-state index in [9.17, 15) is 14.0 Å². The van der Waals surface area contributed by atoms with Crippen LogP contribution in [0, 0.1) is 5.82 Å². The van der Waals surface area contributed by atoms with E-state index in [1.54, 1.807) is 24.3 Å². The summed E-state index contributed by atoms with van der Waals surface area (Å²) in [5.74, 6) is -0.364. The van der Waals surface area contributed by atoms with Gasteiger partial charge in [-0.1, -0.05) is 29.5 Å². The van der Waals surface area contributed by atoms with E-state index < -0.39 is 11.7 Å². The Labute approximate surface area is 198 Å². The first-order valence-corrected chi connectivity index (χ1v) is 11.9. The van der Waals surface area contributed by atoms with Crippen LogP contribution in [0.2, 0.25) is 0 Å².